The van der Waals surface area contributed by atoms with Gasteiger partial charge in [-0.1, -0.05) is 50.4 Å². The van der Waals surface area contributed by atoms with E-state index in [9.17, 15) is 14.7 Å². The fourth-order valence-electron chi connectivity index (χ4n) is 4.74. The maximum atomic E-state index is 13.0. The van der Waals surface area contributed by atoms with Gasteiger partial charge in [0.2, 0.25) is 11.8 Å². The molecule has 0 aromatic heterocycles. The minimum Gasteiger partial charge on any atom is -0.394 e. The molecule has 154 valence electrons. The summed E-state index contributed by atoms with van der Waals surface area (Å²) in [7, 11) is 0. The summed E-state index contributed by atoms with van der Waals surface area (Å²) < 4.78 is 0. The van der Waals surface area contributed by atoms with Gasteiger partial charge in [0.1, 0.15) is 6.04 Å². The summed E-state index contributed by atoms with van der Waals surface area (Å²) in [6, 6.07) is 7.08. The molecule has 6 heteroatoms. The van der Waals surface area contributed by atoms with Crippen molar-refractivity contribution in [1.82, 2.24) is 10.2 Å². The van der Waals surface area contributed by atoms with Crippen LogP contribution in [0.25, 0.3) is 0 Å². The standard InChI is InChI=1S/C22H31ClN2O3/c1-22(2)14-25(12-11-18(22)15-7-9-17(23)10-8-15)21(28)19(13-26)24-20(27)16-5-3-4-6-16/h7-10,16,18-19,26H,3-6,11-14H2,1-2H3,(H,24,27)/t18?,19-/m1/s1. The van der Waals surface area contributed by atoms with Crippen molar-refractivity contribution in [2.45, 2.75) is 57.9 Å². The number of carbonyl (C=O) groups excluding carboxylic acids is 2. The highest BCUT2D eigenvalue weighted by atomic mass is 35.5. The maximum Gasteiger partial charge on any atom is 0.247 e. The van der Waals surface area contributed by atoms with Crippen LogP contribution in [0, 0.1) is 11.3 Å². The topological polar surface area (TPSA) is 69.6 Å². The second-order valence-corrected chi connectivity index (χ2v) is 9.30. The first-order chi connectivity index (χ1) is 13.3. The van der Waals surface area contributed by atoms with E-state index in [2.05, 4.69) is 31.3 Å². The number of hydrogen-bond acceptors (Lipinski definition) is 3. The number of nitrogens with zero attached hydrogens (tertiary/aromatic N) is 1. The van der Waals surface area contributed by atoms with Crippen LogP contribution in [-0.4, -0.2) is 47.6 Å². The number of piperidine rings is 1. The van der Waals surface area contributed by atoms with E-state index in [0.717, 1.165) is 37.1 Å². The lowest BCUT2D eigenvalue weighted by Gasteiger charge is -2.45. The van der Waals surface area contributed by atoms with Crippen LogP contribution >= 0.6 is 11.6 Å². The first-order valence-corrected chi connectivity index (χ1v) is 10.6. The predicted octanol–water partition coefficient (Wildman–Crippen LogP) is 3.35. The summed E-state index contributed by atoms with van der Waals surface area (Å²) in [5, 5.41) is 13.2. The molecule has 2 fully saturated rings. The van der Waals surface area contributed by atoms with Crippen molar-refractivity contribution in [1.29, 1.82) is 0 Å². The molecule has 2 N–H and O–H groups in total. The largest absolute Gasteiger partial charge is 0.394 e. The number of rotatable bonds is 5. The van der Waals surface area contributed by atoms with Gasteiger partial charge in [-0.2, -0.15) is 0 Å². The smallest absolute Gasteiger partial charge is 0.247 e. The normalized spacial score (nSPS) is 23.4. The first-order valence-electron chi connectivity index (χ1n) is 10.3. The van der Waals surface area contributed by atoms with Gasteiger partial charge in [-0.3, -0.25) is 9.59 Å². The van der Waals surface area contributed by atoms with Crippen molar-refractivity contribution in [3.63, 3.8) is 0 Å². The van der Waals surface area contributed by atoms with Crippen LogP contribution in [0.1, 0.15) is 57.4 Å². The minimum absolute atomic E-state index is 0.0195. The number of benzene rings is 1. The molecule has 5 nitrogen and oxygen atoms in total. The summed E-state index contributed by atoms with van der Waals surface area (Å²) in [5.41, 5.74) is 1.12. The molecule has 0 spiro atoms. The van der Waals surface area contributed by atoms with E-state index in [0.29, 0.717) is 19.0 Å². The van der Waals surface area contributed by atoms with E-state index in [1.807, 2.05) is 12.1 Å². The average molecular weight is 407 g/mol. The Labute approximate surface area is 172 Å². The SMILES string of the molecule is CC1(C)CN(C(=O)[C@@H](CO)NC(=O)C2CCCC2)CCC1c1ccc(Cl)cc1. The number of carbonyl (C=O) groups is 2. The molecule has 3 rings (SSSR count). The molecule has 2 atom stereocenters. The van der Waals surface area contributed by atoms with E-state index in [1.165, 1.54) is 5.56 Å². The number of hydrogen-bond donors (Lipinski definition) is 2. The zero-order valence-electron chi connectivity index (χ0n) is 16.8. The third kappa shape index (κ3) is 4.69. The molecule has 1 saturated carbocycles. The van der Waals surface area contributed by atoms with Gasteiger partial charge in [0.15, 0.2) is 0 Å². The van der Waals surface area contributed by atoms with Gasteiger partial charge in [-0.15, -0.1) is 0 Å². The third-order valence-corrected chi connectivity index (χ3v) is 6.59. The molecular weight excluding hydrogens is 376 g/mol. The fraction of sp³-hybridized carbons (Fsp3) is 0.636. The molecule has 1 unspecified atom stereocenters. The highest BCUT2D eigenvalue weighted by Crippen LogP contribution is 2.42. The van der Waals surface area contributed by atoms with Crippen molar-refractivity contribution >= 4 is 23.4 Å². The zero-order valence-corrected chi connectivity index (χ0v) is 17.5. The van der Waals surface area contributed by atoms with Crippen LogP contribution in [0.15, 0.2) is 24.3 Å². The van der Waals surface area contributed by atoms with E-state index in [1.54, 1.807) is 4.90 Å². The first kappa shape index (κ1) is 21.1. The Hall–Kier alpha value is -1.59. The molecule has 2 amide bonds. The lowest BCUT2D eigenvalue weighted by molar-refractivity contribution is -0.141. The number of aliphatic hydroxyl groups excluding tert-OH is 1. The molecule has 1 aromatic rings. The van der Waals surface area contributed by atoms with Gasteiger partial charge in [0.25, 0.3) is 0 Å². The highest BCUT2D eigenvalue weighted by molar-refractivity contribution is 6.30. The number of amides is 2. The Kier molecular flexibility index (Phi) is 6.66. The molecule has 1 aliphatic carbocycles. The molecule has 1 aromatic carbocycles. The Morgan fingerprint density at radius 2 is 1.86 bits per heavy atom. The van der Waals surface area contributed by atoms with Crippen LogP contribution < -0.4 is 5.32 Å². The van der Waals surface area contributed by atoms with Crippen molar-refractivity contribution in [3.8, 4) is 0 Å². The van der Waals surface area contributed by atoms with E-state index in [4.69, 9.17) is 11.6 Å². The summed E-state index contributed by atoms with van der Waals surface area (Å²) in [5.74, 6) is 0.0279. The van der Waals surface area contributed by atoms with Gasteiger partial charge in [0, 0.05) is 24.0 Å². The fourth-order valence-corrected chi connectivity index (χ4v) is 4.87. The van der Waals surface area contributed by atoms with Crippen LogP contribution in [0.5, 0.6) is 0 Å². The van der Waals surface area contributed by atoms with Crippen LogP contribution in [0.3, 0.4) is 0 Å². The van der Waals surface area contributed by atoms with Gasteiger partial charge >= 0.3 is 0 Å². The molecule has 28 heavy (non-hydrogen) atoms. The van der Waals surface area contributed by atoms with Crippen LogP contribution in [0.2, 0.25) is 5.02 Å². The number of halogens is 1. The molecule has 1 aliphatic heterocycles. The Bertz CT molecular complexity index is 698. The number of likely N-dealkylation sites (tertiary alicyclic amines) is 1. The highest BCUT2D eigenvalue weighted by Gasteiger charge is 2.40. The van der Waals surface area contributed by atoms with Crippen molar-refractivity contribution in [3.05, 3.63) is 34.9 Å². The Morgan fingerprint density at radius 3 is 2.43 bits per heavy atom. The lowest BCUT2D eigenvalue weighted by atomic mass is 9.70. The number of aliphatic hydroxyl groups is 1. The molecule has 1 heterocycles. The molecular formula is C22H31ClN2O3. The molecule has 1 saturated heterocycles. The van der Waals surface area contributed by atoms with E-state index >= 15 is 0 Å². The van der Waals surface area contributed by atoms with E-state index in [-0.39, 0.29) is 29.8 Å². The minimum atomic E-state index is -0.851. The Morgan fingerprint density at radius 1 is 1.21 bits per heavy atom. The monoisotopic (exact) mass is 406 g/mol. The lowest BCUT2D eigenvalue weighted by Crippen LogP contribution is -2.56. The predicted molar refractivity (Wildman–Crippen MR) is 110 cm³/mol. The molecule has 0 bridgehead atoms. The zero-order chi connectivity index (χ0) is 20.3. The number of nitrogens with one attached hydrogen (secondary N) is 1. The van der Waals surface area contributed by atoms with Gasteiger partial charge in [-0.25, -0.2) is 0 Å². The molecule has 0 radical (unpaired) electrons. The summed E-state index contributed by atoms with van der Waals surface area (Å²) in [6.07, 6.45) is 4.70. The summed E-state index contributed by atoms with van der Waals surface area (Å²) in [4.78, 5) is 27.2. The van der Waals surface area contributed by atoms with Crippen molar-refractivity contribution in [2.24, 2.45) is 11.3 Å². The summed E-state index contributed by atoms with van der Waals surface area (Å²) >= 11 is 6.01. The quantitative estimate of drug-likeness (QED) is 0.787. The second-order valence-electron chi connectivity index (χ2n) is 8.87. The Balaban J connectivity index is 1.64. The van der Waals surface area contributed by atoms with Gasteiger partial charge in [-0.05, 0) is 48.3 Å². The second kappa shape index (κ2) is 8.83. The van der Waals surface area contributed by atoms with E-state index < -0.39 is 6.04 Å². The third-order valence-electron chi connectivity index (χ3n) is 6.34. The van der Waals surface area contributed by atoms with Gasteiger partial charge in [0.05, 0.1) is 6.61 Å². The van der Waals surface area contributed by atoms with Crippen LogP contribution in [0.4, 0.5) is 0 Å². The maximum absolute atomic E-state index is 13.0. The van der Waals surface area contributed by atoms with Gasteiger partial charge < -0.3 is 15.3 Å². The van der Waals surface area contributed by atoms with Crippen molar-refractivity contribution < 1.29 is 14.7 Å². The van der Waals surface area contributed by atoms with Crippen LogP contribution in [-0.2, 0) is 9.59 Å². The average Bonchev–Trinajstić information content (AvgIpc) is 3.20. The summed E-state index contributed by atoms with van der Waals surface area (Å²) in [6.45, 7) is 5.17. The molecule has 2 aliphatic rings. The van der Waals surface area contributed by atoms with Crippen molar-refractivity contribution in [2.75, 3.05) is 19.7 Å².